The predicted molar refractivity (Wildman–Crippen MR) is 115 cm³/mol. The van der Waals surface area contributed by atoms with E-state index in [0.717, 1.165) is 16.8 Å². The summed E-state index contributed by atoms with van der Waals surface area (Å²) in [5.41, 5.74) is 3.93. The number of amides is 1. The molecule has 0 atom stereocenters. The maximum absolute atomic E-state index is 12.2. The van der Waals surface area contributed by atoms with Gasteiger partial charge < -0.3 is 0 Å². The Morgan fingerprint density at radius 2 is 1.93 bits per heavy atom. The number of halogens is 2. The second-order valence-electron chi connectivity index (χ2n) is 6.11. The summed E-state index contributed by atoms with van der Waals surface area (Å²) in [7, 11) is 0. The molecule has 0 unspecified atom stereocenters. The third kappa shape index (κ3) is 3.94. The maximum atomic E-state index is 12.2. The Bertz CT molecular complexity index is 1190. The molecule has 0 aliphatic heterocycles. The second-order valence-corrected chi connectivity index (χ2v) is 7.76. The Labute approximate surface area is 175 Å². The van der Waals surface area contributed by atoms with Crippen molar-refractivity contribution in [2.24, 2.45) is 0 Å². The van der Waals surface area contributed by atoms with Crippen molar-refractivity contribution in [1.29, 1.82) is 0 Å². The van der Waals surface area contributed by atoms with Crippen molar-refractivity contribution in [2.75, 3.05) is 5.32 Å². The van der Waals surface area contributed by atoms with Gasteiger partial charge in [0.15, 0.2) is 0 Å². The molecule has 28 heavy (non-hydrogen) atoms. The average molecular weight is 429 g/mol. The summed E-state index contributed by atoms with van der Waals surface area (Å²) in [4.78, 5) is 17.3. The number of thiazole rings is 1. The van der Waals surface area contributed by atoms with Crippen LogP contribution in [0.1, 0.15) is 11.1 Å². The first-order chi connectivity index (χ1) is 13.5. The minimum Gasteiger partial charge on any atom is -0.290 e. The molecule has 0 fully saturated rings. The normalized spacial score (nSPS) is 11.4. The van der Waals surface area contributed by atoms with Crippen LogP contribution in [0.4, 0.5) is 5.95 Å². The van der Waals surface area contributed by atoms with E-state index in [1.54, 1.807) is 28.8 Å². The largest absolute Gasteiger partial charge is 0.290 e. The van der Waals surface area contributed by atoms with Gasteiger partial charge in [0.2, 0.25) is 4.96 Å². The molecule has 5 nitrogen and oxygen atoms in total. The molecule has 0 saturated carbocycles. The first kappa shape index (κ1) is 18.7. The molecule has 0 aliphatic carbocycles. The first-order valence-electron chi connectivity index (χ1n) is 8.35. The van der Waals surface area contributed by atoms with E-state index in [9.17, 15) is 4.79 Å². The Morgan fingerprint density at radius 1 is 1.14 bits per heavy atom. The van der Waals surface area contributed by atoms with Crippen LogP contribution in [0.5, 0.6) is 0 Å². The monoisotopic (exact) mass is 428 g/mol. The lowest BCUT2D eigenvalue weighted by atomic mass is 10.1. The summed E-state index contributed by atoms with van der Waals surface area (Å²) in [5, 5.41) is 9.98. The molecule has 8 heteroatoms. The molecule has 4 rings (SSSR count). The molecule has 0 radical (unpaired) electrons. The summed E-state index contributed by atoms with van der Waals surface area (Å²) in [6.45, 7) is 2.04. The molecule has 0 bridgehead atoms. The maximum Gasteiger partial charge on any atom is 0.250 e. The quantitative estimate of drug-likeness (QED) is 0.422. The summed E-state index contributed by atoms with van der Waals surface area (Å²) >= 11 is 13.3. The summed E-state index contributed by atoms with van der Waals surface area (Å²) in [6.07, 6.45) is 3.04. The highest BCUT2D eigenvalue weighted by atomic mass is 35.5. The van der Waals surface area contributed by atoms with Crippen LogP contribution < -0.4 is 5.32 Å². The summed E-state index contributed by atoms with van der Waals surface area (Å²) < 4.78 is 1.73. The van der Waals surface area contributed by atoms with Crippen LogP contribution in [0.25, 0.3) is 22.3 Å². The fraction of sp³-hybridized carbons (Fsp3) is 0.0500. The van der Waals surface area contributed by atoms with Crippen LogP contribution in [-0.4, -0.2) is 20.5 Å². The molecule has 2 aromatic carbocycles. The molecular weight excluding hydrogens is 415 g/mol. The summed E-state index contributed by atoms with van der Waals surface area (Å²) in [6, 6.07) is 13.3. The highest BCUT2D eigenvalue weighted by Gasteiger charge is 2.12. The van der Waals surface area contributed by atoms with Gasteiger partial charge in [-0.15, -0.1) is 16.4 Å². The highest BCUT2D eigenvalue weighted by molar-refractivity contribution is 7.15. The van der Waals surface area contributed by atoms with Crippen LogP contribution >= 0.6 is 34.5 Å². The van der Waals surface area contributed by atoms with Crippen LogP contribution in [0.3, 0.4) is 0 Å². The number of aromatic nitrogens is 3. The van der Waals surface area contributed by atoms with Crippen molar-refractivity contribution in [3.05, 3.63) is 75.1 Å². The first-order valence-corrected chi connectivity index (χ1v) is 9.98. The van der Waals surface area contributed by atoms with Gasteiger partial charge in [0, 0.05) is 17.0 Å². The van der Waals surface area contributed by atoms with Crippen LogP contribution in [0, 0.1) is 6.92 Å². The molecule has 1 N–H and O–H groups in total. The highest BCUT2D eigenvalue weighted by Crippen LogP contribution is 2.26. The second kappa shape index (κ2) is 7.75. The van der Waals surface area contributed by atoms with E-state index in [2.05, 4.69) is 15.4 Å². The van der Waals surface area contributed by atoms with Gasteiger partial charge in [-0.3, -0.25) is 10.1 Å². The number of rotatable bonds is 4. The minimum atomic E-state index is -0.332. The van der Waals surface area contributed by atoms with Gasteiger partial charge in [-0.05, 0) is 30.7 Å². The van der Waals surface area contributed by atoms with Crippen LogP contribution in [0.15, 0.2) is 53.9 Å². The number of nitrogens with zero attached hydrogens (tertiary/aromatic N) is 3. The molecule has 0 aliphatic rings. The Hall–Kier alpha value is -2.67. The van der Waals surface area contributed by atoms with Gasteiger partial charge in [0.1, 0.15) is 0 Å². The fourth-order valence-corrected chi connectivity index (χ4v) is 3.73. The van der Waals surface area contributed by atoms with E-state index >= 15 is 0 Å². The zero-order valence-electron chi connectivity index (χ0n) is 14.7. The van der Waals surface area contributed by atoms with Gasteiger partial charge >= 0.3 is 0 Å². The fourth-order valence-electron chi connectivity index (χ4n) is 2.60. The molecule has 2 aromatic heterocycles. The number of nitrogens with one attached hydrogen (secondary N) is 1. The van der Waals surface area contributed by atoms with Gasteiger partial charge in [0.25, 0.3) is 11.9 Å². The smallest absolute Gasteiger partial charge is 0.250 e. The lowest BCUT2D eigenvalue weighted by Gasteiger charge is -2.00. The van der Waals surface area contributed by atoms with Crippen molar-refractivity contribution >= 4 is 57.4 Å². The Kier molecular flexibility index (Phi) is 5.17. The lowest BCUT2D eigenvalue weighted by molar-refractivity contribution is -0.111. The zero-order chi connectivity index (χ0) is 19.7. The van der Waals surface area contributed by atoms with Crippen molar-refractivity contribution in [2.45, 2.75) is 6.92 Å². The number of hydrogen-bond donors (Lipinski definition) is 1. The van der Waals surface area contributed by atoms with Crippen molar-refractivity contribution in [3.8, 4) is 11.3 Å². The van der Waals surface area contributed by atoms with E-state index < -0.39 is 0 Å². The molecule has 0 spiro atoms. The van der Waals surface area contributed by atoms with E-state index in [1.165, 1.54) is 23.0 Å². The molecule has 140 valence electrons. The Balaban J connectivity index is 1.51. The van der Waals surface area contributed by atoms with Crippen LogP contribution in [-0.2, 0) is 4.79 Å². The molecular formula is C20H14Cl2N4OS. The number of carbonyl (C=O) groups excluding carboxylic acids is 1. The minimum absolute atomic E-state index is 0.254. The number of anilines is 1. The third-order valence-electron chi connectivity index (χ3n) is 4.03. The van der Waals surface area contributed by atoms with E-state index in [1.807, 2.05) is 36.6 Å². The van der Waals surface area contributed by atoms with Gasteiger partial charge in [0.05, 0.1) is 15.7 Å². The van der Waals surface area contributed by atoms with E-state index in [4.69, 9.17) is 23.2 Å². The standard InChI is InChI=1S/C20H14Cl2N4OS/c1-12-2-6-14(7-3-12)17-11-28-20-24-19(25-26(17)20)23-18(27)9-5-13-4-8-15(21)16(22)10-13/h2-11H,1H3,(H,23,25,27)/b9-5+. The lowest BCUT2D eigenvalue weighted by Crippen LogP contribution is -2.09. The number of hydrogen-bond acceptors (Lipinski definition) is 4. The topological polar surface area (TPSA) is 59.3 Å². The van der Waals surface area contributed by atoms with Crippen molar-refractivity contribution < 1.29 is 4.79 Å². The zero-order valence-corrected chi connectivity index (χ0v) is 17.0. The number of aryl methyl sites for hydroxylation is 1. The summed E-state index contributed by atoms with van der Waals surface area (Å²) in [5.74, 6) is -0.0785. The van der Waals surface area contributed by atoms with Crippen molar-refractivity contribution in [3.63, 3.8) is 0 Å². The number of fused-ring (bicyclic) bond motifs is 1. The third-order valence-corrected chi connectivity index (χ3v) is 5.59. The van der Waals surface area contributed by atoms with Crippen LogP contribution in [0.2, 0.25) is 10.0 Å². The Morgan fingerprint density at radius 3 is 2.68 bits per heavy atom. The average Bonchev–Trinajstić information content (AvgIpc) is 3.23. The van der Waals surface area contributed by atoms with Crippen molar-refractivity contribution in [1.82, 2.24) is 14.6 Å². The molecule has 1 amide bonds. The predicted octanol–water partition coefficient (Wildman–Crippen LogP) is 5.72. The molecule has 4 aromatic rings. The van der Waals surface area contributed by atoms with Gasteiger partial charge in [-0.1, -0.05) is 59.1 Å². The van der Waals surface area contributed by atoms with E-state index in [-0.39, 0.29) is 11.9 Å². The van der Waals surface area contributed by atoms with E-state index in [0.29, 0.717) is 15.0 Å². The SMILES string of the molecule is Cc1ccc(-c2csc3nc(NC(=O)/C=C/c4ccc(Cl)c(Cl)c4)nn23)cc1. The number of benzene rings is 2. The van der Waals surface area contributed by atoms with Gasteiger partial charge in [-0.2, -0.15) is 4.98 Å². The molecule has 0 saturated heterocycles. The number of carbonyl (C=O) groups is 1. The molecule has 2 heterocycles. The van der Waals surface area contributed by atoms with Gasteiger partial charge in [-0.25, -0.2) is 4.52 Å².